The van der Waals surface area contributed by atoms with Crippen molar-refractivity contribution in [3.8, 4) is 0 Å². The minimum absolute atomic E-state index is 0.0435. The lowest BCUT2D eigenvalue weighted by molar-refractivity contribution is -0.0327. The summed E-state index contributed by atoms with van der Waals surface area (Å²) in [6, 6.07) is 0. The van der Waals surface area contributed by atoms with Crippen LogP contribution in [0.1, 0.15) is 19.3 Å². The van der Waals surface area contributed by atoms with Gasteiger partial charge in [0.2, 0.25) is 0 Å². The highest BCUT2D eigenvalue weighted by atomic mass is 32.2. The number of nitrogens with one attached hydrogen (secondary N) is 1. The fraction of sp³-hybridized carbons (Fsp3) is 1.00. The molecule has 0 aromatic heterocycles. The number of piperidine rings is 1. The van der Waals surface area contributed by atoms with Gasteiger partial charge in [0.05, 0.1) is 0 Å². The maximum Gasteiger partial charge on any atom is 0.441 e. The molecule has 1 N–H and O–H groups in total. The third kappa shape index (κ3) is 7.35. The SMILES string of the molecule is FC(F)(F)SCCNCCN1CCCCC1. The van der Waals surface area contributed by atoms with Crippen LogP contribution in [0.25, 0.3) is 0 Å². The van der Waals surface area contributed by atoms with Crippen LogP contribution in [0, 0.1) is 0 Å². The highest BCUT2D eigenvalue weighted by Gasteiger charge is 2.27. The number of hydrogen-bond donors (Lipinski definition) is 1. The van der Waals surface area contributed by atoms with Crippen LogP contribution < -0.4 is 5.32 Å². The maximum absolute atomic E-state index is 11.8. The van der Waals surface area contributed by atoms with Gasteiger partial charge in [0, 0.05) is 25.4 Å². The monoisotopic (exact) mass is 256 g/mol. The Morgan fingerprint density at radius 1 is 1.06 bits per heavy atom. The Morgan fingerprint density at radius 3 is 2.38 bits per heavy atom. The minimum atomic E-state index is -4.09. The molecule has 1 aliphatic rings. The molecule has 0 atom stereocenters. The predicted octanol–water partition coefficient (Wildman–Crippen LogP) is 2.31. The first kappa shape index (κ1) is 14.1. The smallest absolute Gasteiger partial charge is 0.315 e. The molecule has 2 nitrogen and oxygen atoms in total. The molecular formula is C10H19F3N2S. The summed E-state index contributed by atoms with van der Waals surface area (Å²) in [5.74, 6) is 0.101. The molecule has 0 aromatic rings. The second-order valence-electron chi connectivity index (χ2n) is 3.95. The van der Waals surface area contributed by atoms with E-state index in [0.29, 0.717) is 6.54 Å². The Kier molecular flexibility index (Phi) is 6.53. The van der Waals surface area contributed by atoms with E-state index in [4.69, 9.17) is 0 Å². The van der Waals surface area contributed by atoms with Crippen LogP contribution in [-0.2, 0) is 0 Å². The summed E-state index contributed by atoms with van der Waals surface area (Å²) >= 11 is 0.0435. The highest BCUT2D eigenvalue weighted by Crippen LogP contribution is 2.29. The molecule has 0 bridgehead atoms. The molecule has 6 heteroatoms. The zero-order valence-electron chi connectivity index (χ0n) is 9.35. The zero-order valence-corrected chi connectivity index (χ0v) is 10.2. The third-order valence-corrected chi connectivity index (χ3v) is 3.33. The van der Waals surface area contributed by atoms with E-state index in [2.05, 4.69) is 10.2 Å². The Labute approximate surface area is 98.9 Å². The number of thioether (sulfide) groups is 1. The van der Waals surface area contributed by atoms with Crippen molar-refractivity contribution in [3.05, 3.63) is 0 Å². The minimum Gasteiger partial charge on any atom is -0.315 e. The van der Waals surface area contributed by atoms with Gasteiger partial charge in [-0.1, -0.05) is 6.42 Å². The van der Waals surface area contributed by atoms with E-state index in [1.54, 1.807) is 0 Å². The van der Waals surface area contributed by atoms with E-state index < -0.39 is 5.51 Å². The van der Waals surface area contributed by atoms with Crippen molar-refractivity contribution >= 4 is 11.8 Å². The zero-order chi connectivity index (χ0) is 11.9. The van der Waals surface area contributed by atoms with Crippen LogP contribution >= 0.6 is 11.8 Å². The van der Waals surface area contributed by atoms with Gasteiger partial charge < -0.3 is 10.2 Å². The van der Waals surface area contributed by atoms with E-state index >= 15 is 0 Å². The Bertz CT molecular complexity index is 181. The normalized spacial score (nSPS) is 18.9. The molecule has 1 saturated heterocycles. The van der Waals surface area contributed by atoms with E-state index in [0.717, 1.165) is 26.2 Å². The van der Waals surface area contributed by atoms with Gasteiger partial charge in [0.15, 0.2) is 0 Å². The van der Waals surface area contributed by atoms with Gasteiger partial charge in [-0.2, -0.15) is 13.2 Å². The van der Waals surface area contributed by atoms with E-state index in [9.17, 15) is 13.2 Å². The van der Waals surface area contributed by atoms with Crippen molar-refractivity contribution in [2.45, 2.75) is 24.8 Å². The fourth-order valence-electron chi connectivity index (χ4n) is 1.78. The van der Waals surface area contributed by atoms with Gasteiger partial charge >= 0.3 is 5.51 Å². The van der Waals surface area contributed by atoms with Gasteiger partial charge in [0.1, 0.15) is 0 Å². The number of hydrogen-bond acceptors (Lipinski definition) is 3. The van der Waals surface area contributed by atoms with Crippen LogP contribution in [0.5, 0.6) is 0 Å². The summed E-state index contributed by atoms with van der Waals surface area (Å²) < 4.78 is 35.3. The molecular weight excluding hydrogens is 237 g/mol. The molecule has 0 aliphatic carbocycles. The molecule has 1 rings (SSSR count). The number of alkyl halides is 3. The molecule has 0 aromatic carbocycles. The van der Waals surface area contributed by atoms with Gasteiger partial charge in [-0.3, -0.25) is 0 Å². The average Bonchev–Trinajstić information content (AvgIpc) is 2.23. The highest BCUT2D eigenvalue weighted by molar-refractivity contribution is 8.00. The quantitative estimate of drug-likeness (QED) is 0.734. The summed E-state index contributed by atoms with van der Waals surface area (Å²) in [7, 11) is 0. The molecule has 0 radical (unpaired) electrons. The third-order valence-electron chi connectivity index (χ3n) is 2.60. The van der Waals surface area contributed by atoms with Crippen LogP contribution in [0.15, 0.2) is 0 Å². The van der Waals surface area contributed by atoms with Gasteiger partial charge in [-0.15, -0.1) is 0 Å². The fourth-order valence-corrected chi connectivity index (χ4v) is 2.26. The van der Waals surface area contributed by atoms with Crippen LogP contribution in [0.3, 0.4) is 0 Å². The summed E-state index contributed by atoms with van der Waals surface area (Å²) in [4.78, 5) is 2.37. The Hall–Kier alpha value is 0.0600. The summed E-state index contributed by atoms with van der Waals surface area (Å²) in [5, 5.41) is 3.04. The lowest BCUT2D eigenvalue weighted by Crippen LogP contribution is -2.36. The Morgan fingerprint density at radius 2 is 1.75 bits per heavy atom. The van der Waals surface area contributed by atoms with Crippen LogP contribution in [0.4, 0.5) is 13.2 Å². The molecule has 0 unspecified atom stereocenters. The van der Waals surface area contributed by atoms with Crippen LogP contribution in [0.2, 0.25) is 0 Å². The molecule has 96 valence electrons. The summed E-state index contributed by atoms with van der Waals surface area (Å²) in [6.45, 7) is 4.45. The summed E-state index contributed by atoms with van der Waals surface area (Å²) in [6.07, 6.45) is 3.82. The molecule has 0 amide bonds. The van der Waals surface area contributed by atoms with Crippen molar-refractivity contribution in [2.24, 2.45) is 0 Å². The molecule has 1 fully saturated rings. The topological polar surface area (TPSA) is 15.3 Å². The van der Waals surface area contributed by atoms with Gasteiger partial charge in [-0.25, -0.2) is 0 Å². The lowest BCUT2D eigenvalue weighted by Gasteiger charge is -2.26. The van der Waals surface area contributed by atoms with Crippen molar-refractivity contribution in [1.82, 2.24) is 10.2 Å². The molecule has 1 aliphatic heterocycles. The van der Waals surface area contributed by atoms with Crippen LogP contribution in [-0.4, -0.2) is 48.9 Å². The second-order valence-corrected chi connectivity index (χ2v) is 5.11. The van der Waals surface area contributed by atoms with Gasteiger partial charge in [-0.05, 0) is 37.7 Å². The standard InChI is InChI=1S/C10H19F3N2S/c11-10(12,13)16-9-5-14-4-8-15-6-2-1-3-7-15/h14H,1-9H2. The number of rotatable bonds is 6. The average molecular weight is 256 g/mol. The predicted molar refractivity (Wildman–Crippen MR) is 61.7 cm³/mol. The van der Waals surface area contributed by atoms with E-state index in [-0.39, 0.29) is 17.5 Å². The molecule has 16 heavy (non-hydrogen) atoms. The van der Waals surface area contributed by atoms with E-state index in [1.807, 2.05) is 0 Å². The molecule has 0 saturated carbocycles. The maximum atomic E-state index is 11.8. The van der Waals surface area contributed by atoms with E-state index in [1.165, 1.54) is 19.3 Å². The largest absolute Gasteiger partial charge is 0.441 e. The second kappa shape index (κ2) is 7.40. The Balaban J connectivity index is 1.87. The van der Waals surface area contributed by atoms with Crippen molar-refractivity contribution in [2.75, 3.05) is 38.5 Å². The van der Waals surface area contributed by atoms with Crippen molar-refractivity contribution in [3.63, 3.8) is 0 Å². The van der Waals surface area contributed by atoms with Crippen molar-refractivity contribution < 1.29 is 13.2 Å². The first-order chi connectivity index (χ1) is 7.58. The molecule has 1 heterocycles. The van der Waals surface area contributed by atoms with Crippen molar-refractivity contribution in [1.29, 1.82) is 0 Å². The molecule has 0 spiro atoms. The number of halogens is 3. The lowest BCUT2D eigenvalue weighted by atomic mass is 10.1. The number of nitrogens with zero attached hydrogens (tertiary/aromatic N) is 1. The first-order valence-corrected chi connectivity index (χ1v) is 6.70. The summed E-state index contributed by atoms with van der Waals surface area (Å²) in [5.41, 5.74) is -4.09. The van der Waals surface area contributed by atoms with Gasteiger partial charge in [0.25, 0.3) is 0 Å². The first-order valence-electron chi connectivity index (χ1n) is 5.72. The number of likely N-dealkylation sites (tertiary alicyclic amines) is 1.